The van der Waals surface area contributed by atoms with Crippen molar-refractivity contribution in [2.45, 2.75) is 25.8 Å². The molecule has 0 spiro atoms. The summed E-state index contributed by atoms with van der Waals surface area (Å²) in [6.45, 7) is 6.71. The van der Waals surface area contributed by atoms with Gasteiger partial charge in [-0.05, 0) is 68.3 Å². The van der Waals surface area contributed by atoms with Gasteiger partial charge in [0.05, 0.1) is 13.2 Å². The van der Waals surface area contributed by atoms with E-state index in [1.807, 2.05) is 60.5 Å². The van der Waals surface area contributed by atoms with Gasteiger partial charge >= 0.3 is 0 Å². The number of fused-ring (bicyclic) bond motifs is 1. The summed E-state index contributed by atoms with van der Waals surface area (Å²) in [5.41, 5.74) is 3.74. The van der Waals surface area contributed by atoms with Crippen LogP contribution in [0.25, 0.3) is 5.65 Å². The topological polar surface area (TPSA) is 120 Å². The number of morpholine rings is 1. The third-order valence-electron chi connectivity index (χ3n) is 8.02. The smallest absolute Gasteiger partial charge is 0.254 e. The van der Waals surface area contributed by atoms with Crippen LogP contribution in [0.15, 0.2) is 60.9 Å². The summed E-state index contributed by atoms with van der Waals surface area (Å²) < 4.78 is 7.07. The Hall–Kier alpha value is -4.71. The van der Waals surface area contributed by atoms with Crippen molar-refractivity contribution in [2.24, 2.45) is 0 Å². The van der Waals surface area contributed by atoms with Gasteiger partial charge in [-0.3, -0.25) is 9.59 Å². The molecule has 0 aliphatic carbocycles. The summed E-state index contributed by atoms with van der Waals surface area (Å²) in [5.74, 6) is 1.03. The van der Waals surface area contributed by atoms with Crippen LogP contribution in [0.2, 0.25) is 0 Å². The van der Waals surface area contributed by atoms with Crippen molar-refractivity contribution < 1.29 is 14.3 Å². The molecule has 0 radical (unpaired) electrons. The van der Waals surface area contributed by atoms with Gasteiger partial charge in [-0.25, -0.2) is 9.50 Å². The van der Waals surface area contributed by atoms with E-state index in [2.05, 4.69) is 32.3 Å². The highest BCUT2D eigenvalue weighted by Crippen LogP contribution is 2.24. The monoisotopic (exact) mass is 583 g/mol. The highest BCUT2D eigenvalue weighted by molar-refractivity contribution is 5.95. The second-order valence-electron chi connectivity index (χ2n) is 10.9. The Labute approximate surface area is 250 Å². The van der Waals surface area contributed by atoms with Crippen LogP contribution in [0.3, 0.4) is 0 Å². The molecule has 12 heteroatoms. The lowest BCUT2D eigenvalue weighted by molar-refractivity contribution is 0.0303. The number of ether oxygens (including phenoxy) is 1. The number of hydrogen-bond acceptors (Lipinski definition) is 9. The molecule has 2 saturated heterocycles. The minimum absolute atomic E-state index is 0.00248. The fourth-order valence-electron chi connectivity index (χ4n) is 5.41. The largest absolute Gasteiger partial charge is 0.378 e. The third-order valence-corrected chi connectivity index (χ3v) is 8.02. The number of nitrogens with one attached hydrogen (secondary N) is 2. The van der Waals surface area contributed by atoms with Crippen molar-refractivity contribution in [2.75, 3.05) is 68.1 Å². The van der Waals surface area contributed by atoms with Gasteiger partial charge in [0.15, 0.2) is 11.5 Å². The first kappa shape index (κ1) is 28.4. The molecular formula is C31H37N9O3. The van der Waals surface area contributed by atoms with Crippen LogP contribution in [-0.4, -0.2) is 95.3 Å². The molecule has 2 fully saturated rings. The Morgan fingerprint density at radius 2 is 1.77 bits per heavy atom. The van der Waals surface area contributed by atoms with E-state index in [0.29, 0.717) is 61.4 Å². The fraction of sp³-hybridized carbons (Fsp3) is 0.387. The van der Waals surface area contributed by atoms with E-state index < -0.39 is 0 Å². The maximum Gasteiger partial charge on any atom is 0.254 e. The number of anilines is 4. The van der Waals surface area contributed by atoms with Crippen molar-refractivity contribution in [3.8, 4) is 0 Å². The lowest BCUT2D eigenvalue weighted by Crippen LogP contribution is -2.48. The van der Waals surface area contributed by atoms with Gasteiger partial charge in [0.25, 0.3) is 11.8 Å². The van der Waals surface area contributed by atoms with E-state index in [1.54, 1.807) is 16.9 Å². The zero-order valence-electron chi connectivity index (χ0n) is 24.6. The first-order valence-corrected chi connectivity index (χ1v) is 14.8. The number of amides is 2. The molecule has 2 aliphatic rings. The number of hydrogen-bond donors (Lipinski definition) is 2. The number of aromatic nitrogens is 4. The predicted octanol–water partition coefficient (Wildman–Crippen LogP) is 3.20. The van der Waals surface area contributed by atoms with Crippen LogP contribution in [0.1, 0.15) is 40.5 Å². The zero-order valence-corrected chi connectivity index (χ0v) is 24.6. The van der Waals surface area contributed by atoms with Crippen LogP contribution >= 0.6 is 0 Å². The Kier molecular flexibility index (Phi) is 8.36. The molecule has 2 amide bonds. The normalized spacial score (nSPS) is 17.1. The van der Waals surface area contributed by atoms with E-state index in [9.17, 15) is 9.59 Å². The number of carbonyl (C=O) groups is 2. The second kappa shape index (κ2) is 12.7. The zero-order chi connectivity index (χ0) is 29.8. The van der Waals surface area contributed by atoms with Gasteiger partial charge in [-0.2, -0.15) is 4.98 Å². The van der Waals surface area contributed by atoms with Crippen molar-refractivity contribution in [1.29, 1.82) is 0 Å². The molecule has 224 valence electrons. The van der Waals surface area contributed by atoms with Gasteiger partial charge in [0, 0.05) is 80.7 Å². The molecule has 4 aromatic rings. The molecule has 6 rings (SSSR count). The highest BCUT2D eigenvalue weighted by atomic mass is 16.5. The summed E-state index contributed by atoms with van der Waals surface area (Å²) in [7, 11) is 2.03. The van der Waals surface area contributed by atoms with Crippen LogP contribution in [0, 0.1) is 0 Å². The summed E-state index contributed by atoms with van der Waals surface area (Å²) in [6.07, 6.45) is 5.26. The molecule has 0 bridgehead atoms. The van der Waals surface area contributed by atoms with Gasteiger partial charge < -0.3 is 30.1 Å². The van der Waals surface area contributed by atoms with E-state index in [0.717, 1.165) is 37.3 Å². The number of carbonyl (C=O) groups excluding carboxylic acids is 2. The van der Waals surface area contributed by atoms with Crippen LogP contribution in [0.4, 0.5) is 23.1 Å². The summed E-state index contributed by atoms with van der Waals surface area (Å²) in [4.78, 5) is 41.2. The lowest BCUT2D eigenvalue weighted by Gasteiger charge is -2.33. The average molecular weight is 584 g/mol. The van der Waals surface area contributed by atoms with Gasteiger partial charge in [-0.1, -0.05) is 0 Å². The molecular weight excluding hydrogens is 546 g/mol. The molecule has 2 aliphatic heterocycles. The molecule has 0 saturated carbocycles. The summed E-state index contributed by atoms with van der Waals surface area (Å²) in [5, 5.41) is 11.3. The minimum Gasteiger partial charge on any atom is -0.378 e. The first-order chi connectivity index (χ1) is 21.0. The number of nitrogens with zero attached hydrogens (tertiary/aromatic N) is 7. The quantitative estimate of drug-likeness (QED) is 0.322. The Balaban J connectivity index is 1.14. The number of piperidine rings is 1. The van der Waals surface area contributed by atoms with E-state index in [1.165, 1.54) is 0 Å². The molecule has 1 atom stereocenters. The van der Waals surface area contributed by atoms with Gasteiger partial charge in [0.1, 0.15) is 0 Å². The van der Waals surface area contributed by atoms with Crippen LogP contribution in [0.5, 0.6) is 0 Å². The Morgan fingerprint density at radius 3 is 2.51 bits per heavy atom. The molecule has 43 heavy (non-hydrogen) atoms. The summed E-state index contributed by atoms with van der Waals surface area (Å²) >= 11 is 0. The highest BCUT2D eigenvalue weighted by Gasteiger charge is 2.25. The number of rotatable bonds is 8. The minimum atomic E-state index is -0.0820. The first-order valence-electron chi connectivity index (χ1n) is 14.8. The standard InChI is InChI=1S/C31H37N9O3/c1-3-37(2)26-12-8-22(9-13-26)29(41)34-25-5-4-15-39(21-25)31-35-27(28-32-14-16-40(28)36-31)33-24-10-6-23(7-11-24)30(42)38-17-19-43-20-18-38/h6-14,16,25H,3-5,15,17-21H2,1-2H3,(H,34,41)(H,33,35,36). The van der Waals surface area contributed by atoms with Crippen molar-refractivity contribution in [1.82, 2.24) is 29.8 Å². The van der Waals surface area contributed by atoms with Crippen molar-refractivity contribution >= 4 is 40.6 Å². The SMILES string of the molecule is CCN(C)c1ccc(C(=O)NC2CCCN(c3nc(Nc4ccc(C(=O)N5CCOCC5)cc4)c4nccn4n3)C2)cc1. The van der Waals surface area contributed by atoms with Crippen molar-refractivity contribution in [3.63, 3.8) is 0 Å². The Bertz CT molecular complexity index is 1570. The molecule has 1 unspecified atom stereocenters. The second-order valence-corrected chi connectivity index (χ2v) is 10.9. The van der Waals surface area contributed by atoms with Crippen LogP contribution in [-0.2, 0) is 4.74 Å². The molecule has 4 heterocycles. The molecule has 12 nitrogen and oxygen atoms in total. The van der Waals surface area contributed by atoms with Gasteiger partial charge in [-0.15, -0.1) is 5.10 Å². The van der Waals surface area contributed by atoms with E-state index in [-0.39, 0.29) is 17.9 Å². The predicted molar refractivity (Wildman–Crippen MR) is 165 cm³/mol. The number of imidazole rings is 1. The fourth-order valence-corrected chi connectivity index (χ4v) is 5.41. The van der Waals surface area contributed by atoms with E-state index >= 15 is 0 Å². The van der Waals surface area contributed by atoms with Crippen molar-refractivity contribution in [3.05, 3.63) is 72.1 Å². The third kappa shape index (κ3) is 6.38. The van der Waals surface area contributed by atoms with Crippen LogP contribution < -0.4 is 20.4 Å². The van der Waals surface area contributed by atoms with Gasteiger partial charge in [0.2, 0.25) is 5.95 Å². The maximum absolute atomic E-state index is 13.0. The van der Waals surface area contributed by atoms with E-state index in [4.69, 9.17) is 14.8 Å². The number of benzene rings is 2. The lowest BCUT2D eigenvalue weighted by atomic mass is 10.1. The molecule has 2 N–H and O–H groups in total. The average Bonchev–Trinajstić information content (AvgIpc) is 3.54. The molecule has 2 aromatic heterocycles. The maximum atomic E-state index is 13.0. The Morgan fingerprint density at radius 1 is 1.02 bits per heavy atom. The summed E-state index contributed by atoms with van der Waals surface area (Å²) in [6, 6.07) is 15.0. The molecule has 2 aromatic carbocycles.